The molecular formula is C22H35N5O. The van der Waals surface area contributed by atoms with Crippen LogP contribution in [0, 0.1) is 12.3 Å². The molecule has 0 unspecified atom stereocenters. The quantitative estimate of drug-likeness (QED) is 0.394. The van der Waals surface area contributed by atoms with Gasteiger partial charge in [-0.2, -0.15) is 0 Å². The maximum absolute atomic E-state index is 5.34. The highest BCUT2D eigenvalue weighted by Crippen LogP contribution is 2.40. The zero-order valence-corrected chi connectivity index (χ0v) is 17.6. The number of aromatic nitrogens is 2. The number of nitrogens with one attached hydrogen (secondary N) is 2. The largest absolute Gasteiger partial charge is 0.385 e. The molecule has 3 rings (SSSR count). The Morgan fingerprint density at radius 3 is 2.79 bits per heavy atom. The molecule has 154 valence electrons. The Hall–Kier alpha value is -2.08. The van der Waals surface area contributed by atoms with E-state index in [0.717, 1.165) is 56.4 Å². The lowest BCUT2D eigenvalue weighted by molar-refractivity contribution is 0.138. The molecule has 28 heavy (non-hydrogen) atoms. The molecule has 6 nitrogen and oxygen atoms in total. The fraction of sp³-hybridized carbons (Fsp3) is 0.636. The smallest absolute Gasteiger partial charge is 0.190 e. The van der Waals surface area contributed by atoms with E-state index in [1.807, 2.05) is 13.1 Å². The van der Waals surface area contributed by atoms with Crippen LogP contribution in [0.4, 0.5) is 0 Å². The highest BCUT2D eigenvalue weighted by molar-refractivity contribution is 5.79. The minimum atomic E-state index is 0.362. The molecule has 6 heteroatoms. The number of ether oxygens (including phenoxy) is 1. The summed E-state index contributed by atoms with van der Waals surface area (Å²) >= 11 is 0. The van der Waals surface area contributed by atoms with Crippen molar-refractivity contribution in [2.24, 2.45) is 10.4 Å². The molecule has 1 aliphatic carbocycles. The van der Waals surface area contributed by atoms with Gasteiger partial charge in [0.2, 0.25) is 0 Å². The highest BCUT2D eigenvalue weighted by Gasteiger charge is 2.33. The van der Waals surface area contributed by atoms with Crippen molar-refractivity contribution < 1.29 is 4.74 Å². The predicted octanol–water partition coefficient (Wildman–Crippen LogP) is 3.50. The van der Waals surface area contributed by atoms with E-state index >= 15 is 0 Å². The molecule has 0 amide bonds. The molecule has 0 saturated heterocycles. The number of imidazole rings is 1. The van der Waals surface area contributed by atoms with Gasteiger partial charge in [-0.25, -0.2) is 4.98 Å². The minimum Gasteiger partial charge on any atom is -0.385 e. The monoisotopic (exact) mass is 385 g/mol. The third-order valence-electron chi connectivity index (χ3n) is 6.05. The van der Waals surface area contributed by atoms with Crippen LogP contribution in [0.5, 0.6) is 0 Å². The molecule has 0 aliphatic heterocycles. The van der Waals surface area contributed by atoms with E-state index in [0.29, 0.717) is 5.41 Å². The van der Waals surface area contributed by atoms with E-state index in [2.05, 4.69) is 50.3 Å². The minimum absolute atomic E-state index is 0.362. The lowest BCUT2D eigenvalue weighted by atomic mass is 9.83. The van der Waals surface area contributed by atoms with Crippen LogP contribution < -0.4 is 10.6 Å². The van der Waals surface area contributed by atoms with E-state index in [9.17, 15) is 0 Å². The first kappa shape index (κ1) is 20.6. The summed E-state index contributed by atoms with van der Waals surface area (Å²) in [5.41, 5.74) is 2.65. The number of rotatable bonds is 9. The first-order valence-electron chi connectivity index (χ1n) is 10.5. The zero-order valence-electron chi connectivity index (χ0n) is 17.6. The van der Waals surface area contributed by atoms with Gasteiger partial charge in [0.15, 0.2) is 5.96 Å². The number of nitrogens with zero attached hydrogens (tertiary/aromatic N) is 3. The molecule has 1 aromatic carbocycles. The Balaban J connectivity index is 1.46. The summed E-state index contributed by atoms with van der Waals surface area (Å²) in [6.07, 6.45) is 7.38. The van der Waals surface area contributed by atoms with Gasteiger partial charge in [-0.15, -0.1) is 0 Å². The summed E-state index contributed by atoms with van der Waals surface area (Å²) in [4.78, 5) is 9.05. The normalized spacial score (nSPS) is 16.6. The third-order valence-corrected chi connectivity index (χ3v) is 6.05. The number of methoxy groups -OCH3 is 1. The van der Waals surface area contributed by atoms with Gasteiger partial charge in [0.25, 0.3) is 0 Å². The van der Waals surface area contributed by atoms with Crippen molar-refractivity contribution >= 4 is 17.0 Å². The second-order valence-electron chi connectivity index (χ2n) is 7.96. The number of aliphatic imine (C=N–C) groups is 1. The van der Waals surface area contributed by atoms with Crippen molar-refractivity contribution in [3.63, 3.8) is 0 Å². The summed E-state index contributed by atoms with van der Waals surface area (Å²) in [7, 11) is 3.64. The van der Waals surface area contributed by atoms with E-state index in [1.54, 1.807) is 7.11 Å². The summed E-state index contributed by atoms with van der Waals surface area (Å²) in [6, 6.07) is 8.34. The summed E-state index contributed by atoms with van der Waals surface area (Å²) in [5, 5.41) is 7.03. The molecule has 1 aromatic heterocycles. The molecule has 1 fully saturated rings. The second-order valence-corrected chi connectivity index (χ2v) is 7.96. The van der Waals surface area contributed by atoms with E-state index < -0.39 is 0 Å². The number of fused-ring (bicyclic) bond motifs is 1. The third kappa shape index (κ3) is 5.04. The molecule has 1 heterocycles. The van der Waals surface area contributed by atoms with Gasteiger partial charge in [0.1, 0.15) is 5.82 Å². The molecule has 2 N–H and O–H groups in total. The molecule has 0 radical (unpaired) electrons. The Bertz CT molecular complexity index is 776. The van der Waals surface area contributed by atoms with Crippen LogP contribution in [0.1, 0.15) is 44.3 Å². The van der Waals surface area contributed by atoms with Gasteiger partial charge in [0, 0.05) is 40.4 Å². The molecule has 1 aliphatic rings. The maximum atomic E-state index is 5.34. The average Bonchev–Trinajstić information content (AvgIpc) is 3.30. The van der Waals surface area contributed by atoms with Crippen molar-refractivity contribution in [2.75, 3.05) is 33.9 Å². The van der Waals surface area contributed by atoms with E-state index in [-0.39, 0.29) is 0 Å². The number of aryl methyl sites for hydroxylation is 2. The van der Waals surface area contributed by atoms with Crippen LogP contribution in [0.3, 0.4) is 0 Å². The number of hydrogen-bond donors (Lipinski definition) is 2. The molecule has 0 atom stereocenters. The molecule has 0 spiro atoms. The Labute approximate surface area is 168 Å². The molecule has 1 saturated carbocycles. The molecular weight excluding hydrogens is 350 g/mol. The van der Waals surface area contributed by atoms with Crippen LogP contribution in [-0.4, -0.2) is 49.4 Å². The van der Waals surface area contributed by atoms with Crippen LogP contribution in [0.15, 0.2) is 29.3 Å². The van der Waals surface area contributed by atoms with Crippen molar-refractivity contribution in [2.45, 2.75) is 52.0 Å². The number of benzene rings is 1. The lowest BCUT2D eigenvalue weighted by Crippen LogP contribution is -2.43. The van der Waals surface area contributed by atoms with Crippen molar-refractivity contribution in [1.82, 2.24) is 20.2 Å². The second kappa shape index (κ2) is 9.92. The zero-order chi connectivity index (χ0) is 19.8. The molecule has 2 aromatic rings. The average molecular weight is 386 g/mol. The predicted molar refractivity (Wildman–Crippen MR) is 116 cm³/mol. The van der Waals surface area contributed by atoms with Crippen molar-refractivity contribution in [3.05, 3.63) is 30.1 Å². The van der Waals surface area contributed by atoms with Crippen LogP contribution in [0.2, 0.25) is 0 Å². The van der Waals surface area contributed by atoms with Crippen molar-refractivity contribution in [3.8, 4) is 0 Å². The van der Waals surface area contributed by atoms with Gasteiger partial charge in [0.05, 0.1) is 11.0 Å². The Morgan fingerprint density at radius 2 is 2.04 bits per heavy atom. The highest BCUT2D eigenvalue weighted by atomic mass is 16.5. The van der Waals surface area contributed by atoms with Crippen molar-refractivity contribution in [1.29, 1.82) is 0 Å². The first-order valence-corrected chi connectivity index (χ1v) is 10.5. The van der Waals surface area contributed by atoms with Crippen LogP contribution >= 0.6 is 0 Å². The summed E-state index contributed by atoms with van der Waals surface area (Å²) in [5.74, 6) is 1.97. The van der Waals surface area contributed by atoms with E-state index in [4.69, 9.17) is 4.74 Å². The van der Waals surface area contributed by atoms with Gasteiger partial charge in [-0.1, -0.05) is 25.0 Å². The summed E-state index contributed by atoms with van der Waals surface area (Å²) < 4.78 is 7.63. The number of guanidine groups is 1. The van der Waals surface area contributed by atoms with Gasteiger partial charge < -0.3 is 19.9 Å². The van der Waals surface area contributed by atoms with Gasteiger partial charge in [-0.05, 0) is 50.2 Å². The number of para-hydroxylation sites is 2. The Morgan fingerprint density at radius 1 is 1.25 bits per heavy atom. The standard InChI is InChI=1S/C22H35N5O/c1-18-26-19-9-4-5-10-20(19)27(18)15-8-14-24-21(23-2)25-17-22(13-16-28-3)11-6-7-12-22/h4-5,9-10H,6-8,11-17H2,1-3H3,(H2,23,24,25). The molecule has 0 bridgehead atoms. The fourth-order valence-corrected chi connectivity index (χ4v) is 4.37. The van der Waals surface area contributed by atoms with Gasteiger partial charge in [-0.3, -0.25) is 4.99 Å². The topological polar surface area (TPSA) is 63.5 Å². The maximum Gasteiger partial charge on any atom is 0.190 e. The van der Waals surface area contributed by atoms with E-state index in [1.165, 1.54) is 31.2 Å². The lowest BCUT2D eigenvalue weighted by Gasteiger charge is -2.30. The first-order chi connectivity index (χ1) is 13.7. The summed E-state index contributed by atoms with van der Waals surface area (Å²) in [6.45, 7) is 5.73. The van der Waals surface area contributed by atoms with Crippen LogP contribution in [-0.2, 0) is 11.3 Å². The SMILES string of the molecule is CN=C(NCCCn1c(C)nc2ccccc21)NCC1(CCOC)CCCC1. The Kier molecular flexibility index (Phi) is 7.31. The van der Waals surface area contributed by atoms with Gasteiger partial charge >= 0.3 is 0 Å². The van der Waals surface area contributed by atoms with Crippen LogP contribution in [0.25, 0.3) is 11.0 Å². The number of hydrogen-bond acceptors (Lipinski definition) is 3. The fourth-order valence-electron chi connectivity index (χ4n) is 4.37.